The summed E-state index contributed by atoms with van der Waals surface area (Å²) in [6, 6.07) is 7.83. The fourth-order valence-electron chi connectivity index (χ4n) is 1.67. The van der Waals surface area contributed by atoms with Crippen molar-refractivity contribution in [3.8, 4) is 0 Å². The number of nitrogens with one attached hydrogen (secondary N) is 1. The molecular weight excluding hydrogens is 200 g/mol. The van der Waals surface area contributed by atoms with Gasteiger partial charge in [-0.2, -0.15) is 0 Å². The molecule has 0 saturated carbocycles. The van der Waals surface area contributed by atoms with E-state index < -0.39 is 0 Å². The maximum absolute atomic E-state index is 4.41. The van der Waals surface area contributed by atoms with E-state index in [2.05, 4.69) is 19.9 Å². The first-order valence-corrected chi connectivity index (χ1v) is 5.10. The minimum Gasteiger partial charge on any atom is -0.340 e. The topological polar surface area (TPSA) is 54.5 Å². The zero-order chi connectivity index (χ0) is 10.8. The maximum atomic E-state index is 4.41. The van der Waals surface area contributed by atoms with E-state index in [9.17, 15) is 0 Å². The molecule has 3 aromatic rings. The van der Waals surface area contributed by atoms with Crippen LogP contribution < -0.4 is 0 Å². The Bertz CT molecular complexity index is 567. The summed E-state index contributed by atoms with van der Waals surface area (Å²) in [7, 11) is 0. The van der Waals surface area contributed by atoms with Crippen LogP contribution in [0.1, 0.15) is 11.4 Å². The Morgan fingerprint density at radius 3 is 2.88 bits per heavy atom. The van der Waals surface area contributed by atoms with E-state index in [1.165, 1.54) is 0 Å². The van der Waals surface area contributed by atoms with Gasteiger partial charge in [0.1, 0.15) is 5.82 Å². The fourth-order valence-corrected chi connectivity index (χ4v) is 1.67. The molecule has 0 aliphatic carbocycles. The third-order valence-corrected chi connectivity index (χ3v) is 2.40. The zero-order valence-corrected chi connectivity index (χ0v) is 8.59. The Morgan fingerprint density at radius 1 is 1.12 bits per heavy atom. The van der Waals surface area contributed by atoms with Gasteiger partial charge in [0, 0.05) is 25.0 Å². The van der Waals surface area contributed by atoms with E-state index in [4.69, 9.17) is 0 Å². The number of aromatic amines is 1. The maximum Gasteiger partial charge on any atom is 0.177 e. The molecule has 4 nitrogen and oxygen atoms in total. The molecule has 0 fully saturated rings. The van der Waals surface area contributed by atoms with E-state index in [-0.39, 0.29) is 0 Å². The van der Waals surface area contributed by atoms with Crippen LogP contribution >= 0.6 is 0 Å². The predicted octanol–water partition coefficient (Wildman–Crippen LogP) is 1.94. The average Bonchev–Trinajstić information content (AvgIpc) is 2.72. The zero-order valence-electron chi connectivity index (χ0n) is 8.59. The molecule has 0 atom stereocenters. The summed E-state index contributed by atoms with van der Waals surface area (Å²) in [5.41, 5.74) is 2.88. The number of hydrogen-bond acceptors (Lipinski definition) is 3. The fraction of sp³-hybridized carbons (Fsp3) is 0.0833. The number of pyridine rings is 2. The quantitative estimate of drug-likeness (QED) is 0.703. The summed E-state index contributed by atoms with van der Waals surface area (Å²) < 4.78 is 0. The van der Waals surface area contributed by atoms with Crippen LogP contribution in [-0.2, 0) is 6.42 Å². The van der Waals surface area contributed by atoms with Crippen LogP contribution in [0, 0.1) is 0 Å². The number of nitrogens with zero attached hydrogens (tertiary/aromatic N) is 3. The first-order valence-electron chi connectivity index (χ1n) is 5.10. The van der Waals surface area contributed by atoms with Crippen molar-refractivity contribution in [2.24, 2.45) is 0 Å². The van der Waals surface area contributed by atoms with Crippen molar-refractivity contribution in [3.63, 3.8) is 0 Å². The van der Waals surface area contributed by atoms with Gasteiger partial charge in [-0.15, -0.1) is 0 Å². The van der Waals surface area contributed by atoms with Crippen molar-refractivity contribution >= 4 is 11.2 Å². The summed E-state index contributed by atoms with van der Waals surface area (Å²) in [5.74, 6) is 0.918. The lowest BCUT2D eigenvalue weighted by Gasteiger charge is -1.95. The minimum atomic E-state index is 0.754. The van der Waals surface area contributed by atoms with Gasteiger partial charge in [0.2, 0.25) is 0 Å². The Kier molecular flexibility index (Phi) is 2.11. The number of H-pyrrole nitrogens is 1. The van der Waals surface area contributed by atoms with E-state index in [1.807, 2.05) is 30.5 Å². The minimum absolute atomic E-state index is 0.754. The van der Waals surface area contributed by atoms with Crippen LogP contribution in [0.4, 0.5) is 0 Å². The number of hydrogen-bond donors (Lipinski definition) is 1. The van der Waals surface area contributed by atoms with Crippen LogP contribution in [-0.4, -0.2) is 19.9 Å². The van der Waals surface area contributed by atoms with E-state index in [0.29, 0.717) is 0 Å². The van der Waals surface area contributed by atoms with E-state index in [1.54, 1.807) is 12.4 Å². The van der Waals surface area contributed by atoms with E-state index >= 15 is 0 Å². The van der Waals surface area contributed by atoms with Crippen molar-refractivity contribution in [2.75, 3.05) is 0 Å². The van der Waals surface area contributed by atoms with Crippen LogP contribution in [0.2, 0.25) is 0 Å². The molecule has 0 amide bonds. The second kappa shape index (κ2) is 3.73. The van der Waals surface area contributed by atoms with Crippen molar-refractivity contribution in [1.82, 2.24) is 19.9 Å². The number of imidazole rings is 1. The summed E-state index contributed by atoms with van der Waals surface area (Å²) in [5, 5.41) is 0. The molecule has 3 aromatic heterocycles. The highest BCUT2D eigenvalue weighted by Gasteiger charge is 2.03. The first kappa shape index (κ1) is 9.03. The lowest BCUT2D eigenvalue weighted by Crippen LogP contribution is -1.90. The average molecular weight is 210 g/mol. The van der Waals surface area contributed by atoms with Gasteiger partial charge in [-0.1, -0.05) is 6.07 Å². The third-order valence-electron chi connectivity index (χ3n) is 2.40. The first-order chi connectivity index (χ1) is 7.92. The Labute approximate surface area is 92.4 Å². The molecule has 0 aromatic carbocycles. The molecule has 4 heteroatoms. The van der Waals surface area contributed by atoms with Crippen molar-refractivity contribution in [1.29, 1.82) is 0 Å². The van der Waals surface area contributed by atoms with Crippen LogP contribution in [0.3, 0.4) is 0 Å². The van der Waals surface area contributed by atoms with Gasteiger partial charge in [0.25, 0.3) is 0 Å². The second-order valence-corrected chi connectivity index (χ2v) is 3.60. The van der Waals surface area contributed by atoms with Gasteiger partial charge in [-0.25, -0.2) is 9.97 Å². The van der Waals surface area contributed by atoms with Crippen LogP contribution in [0.25, 0.3) is 11.2 Å². The van der Waals surface area contributed by atoms with Gasteiger partial charge >= 0.3 is 0 Å². The molecule has 0 spiro atoms. The molecule has 1 N–H and O–H groups in total. The van der Waals surface area contributed by atoms with Crippen LogP contribution in [0.15, 0.2) is 42.9 Å². The molecule has 0 saturated heterocycles. The highest BCUT2D eigenvalue weighted by atomic mass is 15.0. The lowest BCUT2D eigenvalue weighted by atomic mass is 10.2. The highest BCUT2D eigenvalue weighted by Crippen LogP contribution is 2.10. The van der Waals surface area contributed by atoms with Gasteiger partial charge in [0.15, 0.2) is 5.65 Å². The molecule has 3 heterocycles. The van der Waals surface area contributed by atoms with Gasteiger partial charge < -0.3 is 4.98 Å². The van der Waals surface area contributed by atoms with Crippen molar-refractivity contribution in [3.05, 3.63) is 54.2 Å². The molecule has 16 heavy (non-hydrogen) atoms. The number of rotatable bonds is 2. The molecule has 0 aliphatic rings. The number of aromatic nitrogens is 4. The Balaban J connectivity index is 1.95. The SMILES string of the molecule is c1cncc(Cc2nc3ncccc3[nH]2)c1. The van der Waals surface area contributed by atoms with Gasteiger partial charge in [0.05, 0.1) is 5.52 Å². The summed E-state index contributed by atoms with van der Waals surface area (Å²) >= 11 is 0. The Hall–Kier alpha value is -2.23. The molecule has 0 radical (unpaired) electrons. The van der Waals surface area contributed by atoms with Crippen LogP contribution in [0.5, 0.6) is 0 Å². The van der Waals surface area contributed by atoms with Gasteiger partial charge in [-0.05, 0) is 23.8 Å². The smallest absolute Gasteiger partial charge is 0.177 e. The second-order valence-electron chi connectivity index (χ2n) is 3.60. The standard InChI is InChI=1S/C12H10N4/c1-3-9(8-13-5-1)7-11-15-10-4-2-6-14-12(10)16-11/h1-6,8H,7H2,(H,14,15,16). The molecule has 3 rings (SSSR count). The molecule has 0 unspecified atom stereocenters. The van der Waals surface area contributed by atoms with Gasteiger partial charge in [-0.3, -0.25) is 4.98 Å². The monoisotopic (exact) mass is 210 g/mol. The summed E-state index contributed by atoms with van der Waals surface area (Å²) in [6.45, 7) is 0. The van der Waals surface area contributed by atoms with Crippen molar-refractivity contribution < 1.29 is 0 Å². The predicted molar refractivity (Wildman–Crippen MR) is 60.9 cm³/mol. The molecular formula is C12H10N4. The Morgan fingerprint density at radius 2 is 2.06 bits per heavy atom. The third kappa shape index (κ3) is 1.65. The van der Waals surface area contributed by atoms with E-state index in [0.717, 1.165) is 29.0 Å². The van der Waals surface area contributed by atoms with Crippen molar-refractivity contribution in [2.45, 2.75) is 6.42 Å². The normalized spacial score (nSPS) is 10.8. The lowest BCUT2D eigenvalue weighted by molar-refractivity contribution is 1.02. The number of fused-ring (bicyclic) bond motifs is 1. The molecule has 0 bridgehead atoms. The summed E-state index contributed by atoms with van der Waals surface area (Å²) in [4.78, 5) is 15.9. The molecule has 0 aliphatic heterocycles. The summed E-state index contributed by atoms with van der Waals surface area (Å²) in [6.07, 6.45) is 6.12. The largest absolute Gasteiger partial charge is 0.340 e. The molecule has 78 valence electrons. The highest BCUT2D eigenvalue weighted by molar-refractivity contribution is 5.69.